The third kappa shape index (κ3) is 2.68. The van der Waals surface area contributed by atoms with Gasteiger partial charge in [0, 0.05) is 5.56 Å². The number of aromatic nitrogens is 3. The molecule has 6 heteroatoms. The molecule has 0 amide bonds. The Hall–Kier alpha value is -2.08. The number of hydrogen-bond donors (Lipinski definition) is 3. The standard InChI is InChI=1S/C13H17N3O3/c1-3-4-10(18)13-12(14-16-15-13)8-5-6-9(17)11(7-8)19-2/h5-7,10,17-18H,3-4H2,1-2H3,(H,14,15,16). The van der Waals surface area contributed by atoms with Crippen LogP contribution in [0.5, 0.6) is 11.5 Å². The van der Waals surface area contributed by atoms with Gasteiger partial charge in [0.2, 0.25) is 0 Å². The lowest BCUT2D eigenvalue weighted by atomic mass is 10.0. The molecule has 0 spiro atoms. The van der Waals surface area contributed by atoms with Crippen molar-refractivity contribution in [2.45, 2.75) is 25.9 Å². The van der Waals surface area contributed by atoms with Crippen molar-refractivity contribution >= 4 is 0 Å². The molecule has 0 fully saturated rings. The van der Waals surface area contributed by atoms with E-state index in [0.717, 1.165) is 12.0 Å². The molecule has 1 aromatic carbocycles. The second-order valence-corrected chi connectivity index (χ2v) is 4.25. The third-order valence-corrected chi connectivity index (χ3v) is 2.91. The number of aliphatic hydroxyl groups is 1. The zero-order valence-electron chi connectivity index (χ0n) is 10.9. The predicted molar refractivity (Wildman–Crippen MR) is 69.9 cm³/mol. The van der Waals surface area contributed by atoms with Gasteiger partial charge in [-0.05, 0) is 24.6 Å². The van der Waals surface area contributed by atoms with E-state index in [0.29, 0.717) is 23.6 Å². The highest BCUT2D eigenvalue weighted by molar-refractivity contribution is 5.65. The minimum Gasteiger partial charge on any atom is -0.504 e. The maximum atomic E-state index is 10.0. The normalized spacial score (nSPS) is 12.4. The number of H-pyrrole nitrogens is 1. The Morgan fingerprint density at radius 2 is 2.16 bits per heavy atom. The first-order valence-corrected chi connectivity index (χ1v) is 6.13. The summed E-state index contributed by atoms with van der Waals surface area (Å²) in [4.78, 5) is 0. The molecule has 1 aromatic heterocycles. The first kappa shape index (κ1) is 13.4. The molecule has 19 heavy (non-hydrogen) atoms. The number of nitrogens with one attached hydrogen (secondary N) is 1. The van der Waals surface area contributed by atoms with E-state index in [4.69, 9.17) is 4.74 Å². The lowest BCUT2D eigenvalue weighted by Crippen LogP contribution is -1.99. The predicted octanol–water partition coefficient (Wildman–Crippen LogP) is 2.02. The zero-order chi connectivity index (χ0) is 13.8. The Balaban J connectivity index is 2.39. The molecule has 1 heterocycles. The maximum Gasteiger partial charge on any atom is 0.161 e. The van der Waals surface area contributed by atoms with E-state index in [-0.39, 0.29) is 5.75 Å². The molecule has 0 aliphatic heterocycles. The highest BCUT2D eigenvalue weighted by atomic mass is 16.5. The van der Waals surface area contributed by atoms with Gasteiger partial charge in [-0.1, -0.05) is 13.3 Å². The highest BCUT2D eigenvalue weighted by Crippen LogP contribution is 2.33. The van der Waals surface area contributed by atoms with Crippen molar-refractivity contribution in [1.82, 2.24) is 15.4 Å². The van der Waals surface area contributed by atoms with Gasteiger partial charge in [-0.15, -0.1) is 0 Å². The fourth-order valence-corrected chi connectivity index (χ4v) is 1.92. The summed E-state index contributed by atoms with van der Waals surface area (Å²) in [7, 11) is 1.48. The number of ether oxygens (including phenoxy) is 1. The van der Waals surface area contributed by atoms with Crippen LogP contribution in [0.3, 0.4) is 0 Å². The molecule has 0 saturated heterocycles. The van der Waals surface area contributed by atoms with Gasteiger partial charge in [0.15, 0.2) is 11.5 Å². The molecule has 0 aliphatic carbocycles. The number of rotatable bonds is 5. The summed E-state index contributed by atoms with van der Waals surface area (Å²) >= 11 is 0. The fourth-order valence-electron chi connectivity index (χ4n) is 1.92. The number of hydrogen-bond acceptors (Lipinski definition) is 5. The fraction of sp³-hybridized carbons (Fsp3) is 0.385. The van der Waals surface area contributed by atoms with Crippen molar-refractivity contribution in [3.05, 3.63) is 23.9 Å². The number of aromatic hydroxyl groups is 1. The second-order valence-electron chi connectivity index (χ2n) is 4.25. The van der Waals surface area contributed by atoms with Crippen LogP contribution in [0.2, 0.25) is 0 Å². The molecule has 0 saturated carbocycles. The Bertz CT molecular complexity index is 554. The molecule has 0 bridgehead atoms. The van der Waals surface area contributed by atoms with Crippen molar-refractivity contribution in [1.29, 1.82) is 0 Å². The van der Waals surface area contributed by atoms with Crippen LogP contribution in [0.1, 0.15) is 31.6 Å². The molecule has 102 valence electrons. The van der Waals surface area contributed by atoms with E-state index in [1.165, 1.54) is 13.2 Å². The number of aromatic amines is 1. The van der Waals surface area contributed by atoms with Gasteiger partial charge >= 0.3 is 0 Å². The summed E-state index contributed by atoms with van der Waals surface area (Å²) in [6.45, 7) is 1.99. The van der Waals surface area contributed by atoms with E-state index >= 15 is 0 Å². The summed E-state index contributed by atoms with van der Waals surface area (Å²) in [5, 5.41) is 30.2. The molecular formula is C13H17N3O3. The van der Waals surface area contributed by atoms with Crippen LogP contribution in [0.25, 0.3) is 11.3 Å². The average molecular weight is 263 g/mol. The van der Waals surface area contributed by atoms with Crippen molar-refractivity contribution in [2.75, 3.05) is 7.11 Å². The minimum absolute atomic E-state index is 0.0606. The van der Waals surface area contributed by atoms with Crippen LogP contribution in [0, 0.1) is 0 Å². The number of phenolic OH excluding ortho intramolecular Hbond substituents is 1. The quantitative estimate of drug-likeness (QED) is 0.767. The number of nitrogens with zero attached hydrogens (tertiary/aromatic N) is 2. The molecule has 3 N–H and O–H groups in total. The van der Waals surface area contributed by atoms with Gasteiger partial charge in [-0.2, -0.15) is 15.4 Å². The SMILES string of the molecule is CCCC(O)c1n[nH]nc1-c1ccc(O)c(OC)c1. The number of phenols is 1. The van der Waals surface area contributed by atoms with E-state index in [2.05, 4.69) is 15.4 Å². The first-order chi connectivity index (χ1) is 9.17. The molecule has 0 aliphatic rings. The largest absolute Gasteiger partial charge is 0.504 e. The summed E-state index contributed by atoms with van der Waals surface area (Å²) in [5.41, 5.74) is 1.81. The van der Waals surface area contributed by atoms with Crippen molar-refractivity contribution in [2.24, 2.45) is 0 Å². The minimum atomic E-state index is -0.654. The van der Waals surface area contributed by atoms with Gasteiger partial charge in [0.05, 0.1) is 7.11 Å². The van der Waals surface area contributed by atoms with Gasteiger partial charge in [-0.3, -0.25) is 0 Å². The molecule has 1 unspecified atom stereocenters. The highest BCUT2D eigenvalue weighted by Gasteiger charge is 2.18. The Morgan fingerprint density at radius 1 is 1.37 bits per heavy atom. The van der Waals surface area contributed by atoms with Gasteiger partial charge in [0.25, 0.3) is 0 Å². The lowest BCUT2D eigenvalue weighted by Gasteiger charge is -2.09. The van der Waals surface area contributed by atoms with Crippen molar-refractivity contribution in [3.63, 3.8) is 0 Å². The molecule has 0 radical (unpaired) electrons. The van der Waals surface area contributed by atoms with Crippen LogP contribution in [0.15, 0.2) is 18.2 Å². The summed E-state index contributed by atoms with van der Waals surface area (Å²) in [5.74, 6) is 0.418. The number of benzene rings is 1. The average Bonchev–Trinajstić information content (AvgIpc) is 2.89. The van der Waals surface area contributed by atoms with Crippen LogP contribution in [-0.2, 0) is 0 Å². The topological polar surface area (TPSA) is 91.3 Å². The Labute approximate surface area is 111 Å². The Kier molecular flexibility index (Phi) is 4.01. The molecule has 6 nitrogen and oxygen atoms in total. The van der Waals surface area contributed by atoms with Crippen LogP contribution < -0.4 is 4.74 Å². The first-order valence-electron chi connectivity index (χ1n) is 6.13. The van der Waals surface area contributed by atoms with E-state index in [9.17, 15) is 10.2 Å². The molecular weight excluding hydrogens is 246 g/mol. The summed E-state index contributed by atoms with van der Waals surface area (Å²) < 4.78 is 5.06. The van der Waals surface area contributed by atoms with Crippen LogP contribution in [-0.4, -0.2) is 32.7 Å². The van der Waals surface area contributed by atoms with Crippen molar-refractivity contribution < 1.29 is 14.9 Å². The van der Waals surface area contributed by atoms with E-state index in [1.807, 2.05) is 6.92 Å². The summed E-state index contributed by atoms with van der Waals surface area (Å²) in [6, 6.07) is 4.89. The molecule has 1 atom stereocenters. The van der Waals surface area contributed by atoms with Gasteiger partial charge < -0.3 is 14.9 Å². The van der Waals surface area contributed by atoms with Gasteiger partial charge in [0.1, 0.15) is 17.5 Å². The zero-order valence-corrected chi connectivity index (χ0v) is 10.9. The number of methoxy groups -OCH3 is 1. The second kappa shape index (κ2) is 5.71. The smallest absolute Gasteiger partial charge is 0.161 e. The monoisotopic (exact) mass is 263 g/mol. The maximum absolute atomic E-state index is 10.0. The Morgan fingerprint density at radius 3 is 2.84 bits per heavy atom. The van der Waals surface area contributed by atoms with Crippen LogP contribution in [0.4, 0.5) is 0 Å². The van der Waals surface area contributed by atoms with E-state index < -0.39 is 6.10 Å². The van der Waals surface area contributed by atoms with Crippen molar-refractivity contribution in [3.8, 4) is 22.8 Å². The molecule has 2 aromatic rings. The number of aliphatic hydroxyl groups excluding tert-OH is 1. The van der Waals surface area contributed by atoms with E-state index in [1.54, 1.807) is 12.1 Å². The third-order valence-electron chi connectivity index (χ3n) is 2.91. The lowest BCUT2D eigenvalue weighted by molar-refractivity contribution is 0.162. The van der Waals surface area contributed by atoms with Gasteiger partial charge in [-0.25, -0.2) is 0 Å². The van der Waals surface area contributed by atoms with Crippen LogP contribution >= 0.6 is 0 Å². The molecule has 2 rings (SSSR count). The summed E-state index contributed by atoms with van der Waals surface area (Å²) in [6.07, 6.45) is 0.819.